The summed E-state index contributed by atoms with van der Waals surface area (Å²) in [6.45, 7) is 1.69. The van der Waals surface area contributed by atoms with Gasteiger partial charge in [0.2, 0.25) is 0 Å². The van der Waals surface area contributed by atoms with Gasteiger partial charge in [-0.3, -0.25) is 0 Å². The Kier molecular flexibility index (Phi) is 2.53. The van der Waals surface area contributed by atoms with E-state index < -0.39 is 6.10 Å². The van der Waals surface area contributed by atoms with Crippen molar-refractivity contribution in [2.24, 2.45) is 0 Å². The third-order valence-electron chi connectivity index (χ3n) is 2.69. The number of aromatic amines is 2. The van der Waals surface area contributed by atoms with Crippen molar-refractivity contribution < 1.29 is 5.11 Å². The molecule has 2 heterocycles. The predicted molar refractivity (Wildman–Crippen MR) is 70.7 cm³/mol. The zero-order chi connectivity index (χ0) is 12.7. The summed E-state index contributed by atoms with van der Waals surface area (Å²) in [7, 11) is 0. The smallest absolute Gasteiger partial charge is 0.323 e. The SMILES string of the molecule is CC(O)c1nc(-c2ccc3[nH]c(=O)[nH]c3c2)cs1. The summed E-state index contributed by atoms with van der Waals surface area (Å²) < 4.78 is 0. The summed E-state index contributed by atoms with van der Waals surface area (Å²) >= 11 is 1.42. The minimum atomic E-state index is -0.556. The summed E-state index contributed by atoms with van der Waals surface area (Å²) in [6, 6.07) is 5.60. The van der Waals surface area contributed by atoms with Gasteiger partial charge in [0.05, 0.1) is 16.7 Å². The van der Waals surface area contributed by atoms with Crippen LogP contribution in [0.5, 0.6) is 0 Å². The second-order valence-electron chi connectivity index (χ2n) is 4.09. The third kappa shape index (κ3) is 1.85. The number of aliphatic hydroxyl groups is 1. The number of hydrogen-bond donors (Lipinski definition) is 3. The molecule has 0 saturated heterocycles. The lowest BCUT2D eigenvalue weighted by Crippen LogP contribution is -1.99. The molecule has 0 saturated carbocycles. The van der Waals surface area contributed by atoms with Crippen LogP contribution >= 0.6 is 11.3 Å². The zero-order valence-electron chi connectivity index (χ0n) is 9.60. The van der Waals surface area contributed by atoms with Crippen molar-refractivity contribution in [2.45, 2.75) is 13.0 Å². The number of imidazole rings is 1. The average molecular weight is 261 g/mol. The van der Waals surface area contributed by atoms with E-state index in [2.05, 4.69) is 15.0 Å². The molecule has 0 fully saturated rings. The lowest BCUT2D eigenvalue weighted by molar-refractivity contribution is 0.199. The zero-order valence-corrected chi connectivity index (χ0v) is 10.4. The van der Waals surface area contributed by atoms with Crippen LogP contribution in [0.4, 0.5) is 0 Å². The van der Waals surface area contributed by atoms with E-state index in [0.29, 0.717) is 5.01 Å². The Morgan fingerprint density at radius 2 is 2.11 bits per heavy atom. The first kappa shape index (κ1) is 11.2. The largest absolute Gasteiger partial charge is 0.386 e. The maximum absolute atomic E-state index is 11.2. The van der Waals surface area contributed by atoms with Gasteiger partial charge in [-0.25, -0.2) is 9.78 Å². The number of aromatic nitrogens is 3. The van der Waals surface area contributed by atoms with E-state index in [0.717, 1.165) is 22.3 Å². The van der Waals surface area contributed by atoms with E-state index in [1.807, 2.05) is 23.6 Å². The van der Waals surface area contributed by atoms with Crippen LogP contribution in [-0.2, 0) is 0 Å². The van der Waals surface area contributed by atoms with Gasteiger partial charge in [-0.1, -0.05) is 6.07 Å². The van der Waals surface area contributed by atoms with Gasteiger partial charge >= 0.3 is 5.69 Å². The fraction of sp³-hybridized carbons (Fsp3) is 0.167. The van der Waals surface area contributed by atoms with E-state index >= 15 is 0 Å². The topological polar surface area (TPSA) is 81.8 Å². The number of aliphatic hydroxyl groups excluding tert-OH is 1. The first-order valence-electron chi connectivity index (χ1n) is 5.49. The Hall–Kier alpha value is -1.92. The number of nitrogens with zero attached hydrogens (tertiary/aromatic N) is 1. The van der Waals surface area contributed by atoms with Gasteiger partial charge in [-0.05, 0) is 19.1 Å². The van der Waals surface area contributed by atoms with Crippen molar-refractivity contribution >= 4 is 22.4 Å². The molecule has 1 atom stereocenters. The van der Waals surface area contributed by atoms with Crippen molar-refractivity contribution in [1.29, 1.82) is 0 Å². The van der Waals surface area contributed by atoms with Crippen molar-refractivity contribution in [1.82, 2.24) is 15.0 Å². The Balaban J connectivity index is 2.09. The second-order valence-corrected chi connectivity index (χ2v) is 4.98. The Labute approximate surface area is 106 Å². The molecule has 18 heavy (non-hydrogen) atoms. The summed E-state index contributed by atoms with van der Waals surface area (Å²) in [4.78, 5) is 20.9. The number of benzene rings is 1. The molecule has 0 aliphatic rings. The van der Waals surface area contributed by atoms with Crippen LogP contribution in [0.1, 0.15) is 18.0 Å². The number of rotatable bonds is 2. The number of fused-ring (bicyclic) bond motifs is 1. The maximum atomic E-state index is 11.2. The molecular formula is C12H11N3O2S. The molecule has 0 aliphatic heterocycles. The average Bonchev–Trinajstić information content (AvgIpc) is 2.91. The third-order valence-corrected chi connectivity index (χ3v) is 3.71. The number of nitrogens with one attached hydrogen (secondary N) is 2. The Bertz CT molecular complexity index is 754. The van der Waals surface area contributed by atoms with Gasteiger partial charge in [-0.2, -0.15) is 0 Å². The normalized spacial score (nSPS) is 13.0. The fourth-order valence-electron chi connectivity index (χ4n) is 1.80. The second kappa shape index (κ2) is 4.08. The summed E-state index contributed by atoms with van der Waals surface area (Å²) in [5.41, 5.74) is 3.03. The molecule has 0 aliphatic carbocycles. The van der Waals surface area contributed by atoms with E-state index in [1.165, 1.54) is 11.3 Å². The summed E-state index contributed by atoms with van der Waals surface area (Å²) in [5, 5.41) is 12.0. The number of hydrogen-bond acceptors (Lipinski definition) is 4. The van der Waals surface area contributed by atoms with Gasteiger partial charge in [0.25, 0.3) is 0 Å². The van der Waals surface area contributed by atoms with Crippen molar-refractivity contribution in [3.63, 3.8) is 0 Å². The van der Waals surface area contributed by atoms with Crippen molar-refractivity contribution in [2.75, 3.05) is 0 Å². The van der Waals surface area contributed by atoms with Gasteiger partial charge in [0.15, 0.2) is 0 Å². The van der Waals surface area contributed by atoms with Crippen LogP contribution in [0, 0.1) is 0 Å². The first-order valence-corrected chi connectivity index (χ1v) is 6.37. The minimum absolute atomic E-state index is 0.218. The molecular weight excluding hydrogens is 250 g/mol. The van der Waals surface area contributed by atoms with Crippen LogP contribution < -0.4 is 5.69 Å². The summed E-state index contributed by atoms with van der Waals surface area (Å²) in [6.07, 6.45) is -0.556. The molecule has 0 radical (unpaired) electrons. The highest BCUT2D eigenvalue weighted by molar-refractivity contribution is 7.10. The van der Waals surface area contributed by atoms with E-state index in [1.54, 1.807) is 6.92 Å². The quantitative estimate of drug-likeness (QED) is 0.660. The molecule has 3 rings (SSSR count). The van der Waals surface area contributed by atoms with E-state index in [4.69, 9.17) is 0 Å². The molecule has 0 bridgehead atoms. The molecule has 1 aromatic carbocycles. The molecule has 92 valence electrons. The molecule has 6 heteroatoms. The van der Waals surface area contributed by atoms with Gasteiger partial charge in [0, 0.05) is 10.9 Å². The van der Waals surface area contributed by atoms with Gasteiger partial charge in [-0.15, -0.1) is 11.3 Å². The Morgan fingerprint density at radius 3 is 2.83 bits per heavy atom. The molecule has 0 amide bonds. The van der Waals surface area contributed by atoms with E-state index in [-0.39, 0.29) is 5.69 Å². The highest BCUT2D eigenvalue weighted by atomic mass is 32.1. The summed E-state index contributed by atoms with van der Waals surface area (Å²) in [5.74, 6) is 0. The molecule has 0 spiro atoms. The predicted octanol–water partition coefficient (Wildman–Crippen LogP) is 2.03. The molecule has 2 aromatic heterocycles. The van der Waals surface area contributed by atoms with Crippen LogP contribution in [0.3, 0.4) is 0 Å². The first-order chi connectivity index (χ1) is 8.63. The van der Waals surface area contributed by atoms with Crippen LogP contribution in [-0.4, -0.2) is 20.1 Å². The van der Waals surface area contributed by atoms with Crippen molar-refractivity contribution in [3.8, 4) is 11.3 Å². The Morgan fingerprint density at radius 1 is 1.33 bits per heavy atom. The highest BCUT2D eigenvalue weighted by Crippen LogP contribution is 2.26. The van der Waals surface area contributed by atoms with E-state index in [9.17, 15) is 9.90 Å². The van der Waals surface area contributed by atoms with Gasteiger partial charge < -0.3 is 15.1 Å². The molecule has 1 unspecified atom stereocenters. The van der Waals surface area contributed by atoms with Crippen LogP contribution in [0.25, 0.3) is 22.3 Å². The maximum Gasteiger partial charge on any atom is 0.323 e. The van der Waals surface area contributed by atoms with Crippen LogP contribution in [0.15, 0.2) is 28.4 Å². The molecule has 5 nitrogen and oxygen atoms in total. The van der Waals surface area contributed by atoms with Crippen molar-refractivity contribution in [3.05, 3.63) is 39.1 Å². The standard InChI is InChI=1S/C12H11N3O2S/c1-6(16)11-13-10(5-18-11)7-2-3-8-9(4-7)15-12(17)14-8/h2-6,16H,1H3,(H2,14,15,17). The molecule has 3 N–H and O–H groups in total. The lowest BCUT2D eigenvalue weighted by atomic mass is 10.1. The molecule has 3 aromatic rings. The lowest BCUT2D eigenvalue weighted by Gasteiger charge is -1.98. The monoisotopic (exact) mass is 261 g/mol. The van der Waals surface area contributed by atoms with Crippen LogP contribution in [0.2, 0.25) is 0 Å². The number of thiazole rings is 1. The highest BCUT2D eigenvalue weighted by Gasteiger charge is 2.09. The number of H-pyrrole nitrogens is 2. The van der Waals surface area contributed by atoms with Gasteiger partial charge in [0.1, 0.15) is 11.1 Å². The fourth-order valence-corrected chi connectivity index (χ4v) is 2.57. The minimum Gasteiger partial charge on any atom is -0.386 e.